The SMILES string of the molecule is O=C(c1ccccc1)N1CCc2cc(CNS(=O)(=O)c3ccc(Br)s3)ccc21. The van der Waals surface area contributed by atoms with Crippen LogP contribution >= 0.6 is 27.3 Å². The van der Waals surface area contributed by atoms with Crippen LogP contribution in [0.4, 0.5) is 5.69 Å². The van der Waals surface area contributed by atoms with Gasteiger partial charge in [0, 0.05) is 24.3 Å². The van der Waals surface area contributed by atoms with Gasteiger partial charge in [-0.3, -0.25) is 4.79 Å². The van der Waals surface area contributed by atoms with Crippen molar-refractivity contribution in [2.75, 3.05) is 11.4 Å². The second kappa shape index (κ2) is 7.79. The summed E-state index contributed by atoms with van der Waals surface area (Å²) in [4.78, 5) is 14.5. The van der Waals surface area contributed by atoms with E-state index in [1.54, 1.807) is 17.0 Å². The van der Waals surface area contributed by atoms with Gasteiger partial charge in [0.25, 0.3) is 5.91 Å². The summed E-state index contributed by atoms with van der Waals surface area (Å²) >= 11 is 4.46. The highest BCUT2D eigenvalue weighted by molar-refractivity contribution is 9.11. The molecule has 4 rings (SSSR count). The van der Waals surface area contributed by atoms with E-state index in [1.165, 1.54) is 11.3 Å². The molecule has 1 aliphatic heterocycles. The van der Waals surface area contributed by atoms with E-state index in [1.807, 2.05) is 48.5 Å². The fraction of sp³-hybridized carbons (Fsp3) is 0.150. The second-order valence-corrected chi connectivity index (χ2v) is 10.9. The van der Waals surface area contributed by atoms with Crippen LogP contribution in [-0.2, 0) is 23.0 Å². The molecule has 0 saturated carbocycles. The summed E-state index contributed by atoms with van der Waals surface area (Å²) in [5.41, 5.74) is 3.48. The first-order chi connectivity index (χ1) is 13.4. The number of halogens is 1. The molecule has 0 spiro atoms. The number of thiophene rings is 1. The minimum absolute atomic E-state index is 0.0175. The van der Waals surface area contributed by atoms with Gasteiger partial charge < -0.3 is 4.90 Å². The maximum absolute atomic E-state index is 12.7. The number of sulfonamides is 1. The van der Waals surface area contributed by atoms with Crippen LogP contribution in [0.2, 0.25) is 0 Å². The summed E-state index contributed by atoms with van der Waals surface area (Å²) in [7, 11) is -3.54. The summed E-state index contributed by atoms with van der Waals surface area (Å²) in [6, 6.07) is 18.2. The van der Waals surface area contributed by atoms with Crippen LogP contribution in [0.3, 0.4) is 0 Å². The highest BCUT2D eigenvalue weighted by Crippen LogP contribution is 2.31. The van der Waals surface area contributed by atoms with Crippen LogP contribution in [0, 0.1) is 0 Å². The molecule has 0 atom stereocenters. The van der Waals surface area contributed by atoms with Crippen molar-refractivity contribution in [3.05, 3.63) is 81.1 Å². The molecule has 0 fully saturated rings. The van der Waals surface area contributed by atoms with Crippen LogP contribution in [0.25, 0.3) is 0 Å². The number of carbonyl (C=O) groups excluding carboxylic acids is 1. The Balaban J connectivity index is 1.49. The van der Waals surface area contributed by atoms with E-state index in [9.17, 15) is 13.2 Å². The smallest absolute Gasteiger partial charge is 0.258 e. The lowest BCUT2D eigenvalue weighted by Crippen LogP contribution is -2.28. The van der Waals surface area contributed by atoms with Crippen LogP contribution in [0.5, 0.6) is 0 Å². The van der Waals surface area contributed by atoms with Crippen LogP contribution in [0.1, 0.15) is 21.5 Å². The Morgan fingerprint density at radius 1 is 1.11 bits per heavy atom. The van der Waals surface area contributed by atoms with Crippen molar-refractivity contribution in [1.29, 1.82) is 0 Å². The fourth-order valence-electron chi connectivity index (χ4n) is 3.20. The Morgan fingerprint density at radius 2 is 1.89 bits per heavy atom. The Labute approximate surface area is 176 Å². The summed E-state index contributed by atoms with van der Waals surface area (Å²) in [5, 5.41) is 0. The molecule has 0 radical (unpaired) electrons. The summed E-state index contributed by atoms with van der Waals surface area (Å²) in [6.45, 7) is 0.833. The number of nitrogens with one attached hydrogen (secondary N) is 1. The Kier molecular flexibility index (Phi) is 5.37. The first kappa shape index (κ1) is 19.3. The molecule has 28 heavy (non-hydrogen) atoms. The van der Waals surface area contributed by atoms with E-state index in [2.05, 4.69) is 20.7 Å². The van der Waals surface area contributed by atoms with Gasteiger partial charge in [0.15, 0.2) is 0 Å². The van der Waals surface area contributed by atoms with Crippen molar-refractivity contribution < 1.29 is 13.2 Å². The zero-order chi connectivity index (χ0) is 19.7. The molecule has 1 aliphatic rings. The molecule has 1 N–H and O–H groups in total. The maximum atomic E-state index is 12.7. The van der Waals surface area contributed by atoms with E-state index < -0.39 is 10.0 Å². The first-order valence-electron chi connectivity index (χ1n) is 8.68. The van der Waals surface area contributed by atoms with Gasteiger partial charge in [-0.05, 0) is 63.8 Å². The largest absolute Gasteiger partial charge is 0.308 e. The van der Waals surface area contributed by atoms with Gasteiger partial charge in [0.1, 0.15) is 4.21 Å². The van der Waals surface area contributed by atoms with E-state index in [4.69, 9.17) is 0 Å². The third-order valence-electron chi connectivity index (χ3n) is 4.59. The molecule has 2 aromatic carbocycles. The second-order valence-electron chi connectivity index (χ2n) is 6.42. The van der Waals surface area contributed by atoms with Gasteiger partial charge >= 0.3 is 0 Å². The van der Waals surface area contributed by atoms with Gasteiger partial charge in [-0.15, -0.1) is 11.3 Å². The summed E-state index contributed by atoms with van der Waals surface area (Å²) in [5.74, 6) is -0.0175. The number of benzene rings is 2. The van der Waals surface area contributed by atoms with E-state index >= 15 is 0 Å². The standard InChI is InChI=1S/C20H17BrN2O3S2/c21-18-8-9-19(27-18)28(25,26)22-13-14-6-7-17-16(12-14)10-11-23(17)20(24)15-4-2-1-3-5-15/h1-9,12,22H,10-11,13H2. The normalized spacial score (nSPS) is 13.5. The van der Waals surface area contributed by atoms with Crippen molar-refractivity contribution in [2.24, 2.45) is 0 Å². The van der Waals surface area contributed by atoms with Crippen molar-refractivity contribution in [2.45, 2.75) is 17.2 Å². The van der Waals surface area contributed by atoms with E-state index in [-0.39, 0.29) is 16.7 Å². The summed E-state index contributed by atoms with van der Waals surface area (Å²) < 4.78 is 28.4. The minimum atomic E-state index is -3.54. The fourth-order valence-corrected chi connectivity index (χ4v) is 6.28. The minimum Gasteiger partial charge on any atom is -0.308 e. The molecular formula is C20H17BrN2O3S2. The highest BCUT2D eigenvalue weighted by atomic mass is 79.9. The molecule has 1 amide bonds. The molecule has 0 unspecified atom stereocenters. The van der Waals surface area contributed by atoms with Gasteiger partial charge in [-0.1, -0.05) is 30.3 Å². The van der Waals surface area contributed by atoms with Crippen LogP contribution in [0.15, 0.2) is 68.7 Å². The molecule has 0 aliphatic carbocycles. The number of hydrogen-bond acceptors (Lipinski definition) is 4. The van der Waals surface area contributed by atoms with Gasteiger partial charge in [-0.2, -0.15) is 0 Å². The number of fused-ring (bicyclic) bond motifs is 1. The lowest BCUT2D eigenvalue weighted by Gasteiger charge is -2.17. The number of nitrogens with zero attached hydrogens (tertiary/aromatic N) is 1. The number of rotatable bonds is 5. The Hall–Kier alpha value is -2.00. The van der Waals surface area contributed by atoms with Crippen molar-refractivity contribution in [1.82, 2.24) is 4.72 Å². The molecule has 5 nitrogen and oxygen atoms in total. The molecule has 0 bridgehead atoms. The third kappa shape index (κ3) is 3.91. The van der Waals surface area contributed by atoms with Gasteiger partial charge in [0.05, 0.1) is 3.79 Å². The zero-order valence-corrected chi connectivity index (χ0v) is 18.0. The zero-order valence-electron chi connectivity index (χ0n) is 14.8. The third-order valence-corrected chi connectivity index (χ3v) is 8.10. The predicted octanol–water partition coefficient (Wildman–Crippen LogP) is 4.19. The number of carbonyl (C=O) groups is 1. The van der Waals surface area contributed by atoms with Crippen molar-refractivity contribution in [3.8, 4) is 0 Å². The van der Waals surface area contributed by atoms with E-state index in [0.29, 0.717) is 12.1 Å². The molecule has 3 aromatic rings. The van der Waals surface area contributed by atoms with Crippen LogP contribution < -0.4 is 9.62 Å². The molecule has 1 aromatic heterocycles. The molecule has 0 saturated heterocycles. The van der Waals surface area contributed by atoms with Crippen LogP contribution in [-0.4, -0.2) is 20.9 Å². The average molecular weight is 477 g/mol. The maximum Gasteiger partial charge on any atom is 0.258 e. The molecule has 144 valence electrons. The monoisotopic (exact) mass is 476 g/mol. The average Bonchev–Trinajstić information content (AvgIpc) is 3.33. The number of hydrogen-bond donors (Lipinski definition) is 1. The lowest BCUT2D eigenvalue weighted by molar-refractivity contribution is 0.0989. The first-order valence-corrected chi connectivity index (χ1v) is 11.8. The number of amides is 1. The quantitative estimate of drug-likeness (QED) is 0.600. The van der Waals surface area contributed by atoms with Crippen molar-refractivity contribution >= 4 is 48.9 Å². The van der Waals surface area contributed by atoms with E-state index in [0.717, 1.165) is 27.0 Å². The van der Waals surface area contributed by atoms with Gasteiger partial charge in [-0.25, -0.2) is 13.1 Å². The predicted molar refractivity (Wildman–Crippen MR) is 114 cm³/mol. The summed E-state index contributed by atoms with van der Waals surface area (Å²) in [6.07, 6.45) is 0.756. The topological polar surface area (TPSA) is 66.5 Å². The Bertz CT molecular complexity index is 1130. The molecular weight excluding hydrogens is 460 g/mol. The molecule has 8 heteroatoms. The molecule has 2 heterocycles. The highest BCUT2D eigenvalue weighted by Gasteiger charge is 2.26. The lowest BCUT2D eigenvalue weighted by atomic mass is 10.1. The van der Waals surface area contributed by atoms with Gasteiger partial charge in [0.2, 0.25) is 10.0 Å². The number of anilines is 1. The van der Waals surface area contributed by atoms with Crippen molar-refractivity contribution in [3.63, 3.8) is 0 Å². The Morgan fingerprint density at radius 3 is 2.61 bits per heavy atom.